The molecule has 0 spiro atoms. The minimum atomic E-state index is -0.488. The standard InChI is InChI=1S/C19H13ClFN5S/c20-13-9-12(6-7-14(13)21)26-18-16(22)19(25-10-24-18)27-15-5-1-3-11-4-2-8-23-17(11)15/h1-10H,22H2,(H,24,25,26). The molecule has 0 amide bonds. The van der Waals surface area contributed by atoms with Gasteiger partial charge in [-0.2, -0.15) is 0 Å². The SMILES string of the molecule is Nc1c(Nc2ccc(F)c(Cl)c2)ncnc1Sc1cccc2cccnc12. The predicted molar refractivity (Wildman–Crippen MR) is 107 cm³/mol. The summed E-state index contributed by atoms with van der Waals surface area (Å²) >= 11 is 7.23. The number of para-hydroxylation sites is 1. The molecule has 0 unspecified atom stereocenters. The van der Waals surface area contributed by atoms with Crippen molar-refractivity contribution in [1.29, 1.82) is 0 Å². The summed E-state index contributed by atoms with van der Waals surface area (Å²) < 4.78 is 13.3. The molecule has 2 aromatic carbocycles. The lowest BCUT2D eigenvalue weighted by atomic mass is 10.2. The molecule has 4 aromatic rings. The molecule has 3 N–H and O–H groups in total. The maximum Gasteiger partial charge on any atom is 0.158 e. The van der Waals surface area contributed by atoms with Crippen LogP contribution in [0.5, 0.6) is 0 Å². The van der Waals surface area contributed by atoms with Crippen LogP contribution in [0.15, 0.2) is 71.0 Å². The van der Waals surface area contributed by atoms with Gasteiger partial charge in [-0.3, -0.25) is 4.98 Å². The number of fused-ring (bicyclic) bond motifs is 1. The van der Waals surface area contributed by atoms with Gasteiger partial charge in [0.25, 0.3) is 0 Å². The second-order valence-corrected chi connectivity index (χ2v) is 7.07. The fraction of sp³-hybridized carbons (Fsp3) is 0. The molecule has 5 nitrogen and oxygen atoms in total. The lowest BCUT2D eigenvalue weighted by Gasteiger charge is -2.12. The van der Waals surface area contributed by atoms with Gasteiger partial charge in [-0.25, -0.2) is 14.4 Å². The number of nitrogens with one attached hydrogen (secondary N) is 1. The number of rotatable bonds is 4. The van der Waals surface area contributed by atoms with Crippen molar-refractivity contribution < 1.29 is 4.39 Å². The third kappa shape index (κ3) is 3.65. The number of aromatic nitrogens is 3. The quantitative estimate of drug-likeness (QED) is 0.455. The summed E-state index contributed by atoms with van der Waals surface area (Å²) in [5, 5.41) is 4.70. The number of halogens is 2. The summed E-state index contributed by atoms with van der Waals surface area (Å²) in [6.07, 6.45) is 3.17. The summed E-state index contributed by atoms with van der Waals surface area (Å²) in [6, 6.07) is 14.1. The molecule has 2 heterocycles. The van der Waals surface area contributed by atoms with E-state index in [1.165, 1.54) is 30.2 Å². The van der Waals surface area contributed by atoms with E-state index in [0.29, 0.717) is 22.2 Å². The fourth-order valence-corrected chi connectivity index (χ4v) is 3.64. The summed E-state index contributed by atoms with van der Waals surface area (Å²) in [6.45, 7) is 0. The Morgan fingerprint density at radius 2 is 1.89 bits per heavy atom. The number of hydrogen-bond donors (Lipinski definition) is 2. The van der Waals surface area contributed by atoms with Crippen molar-refractivity contribution in [2.24, 2.45) is 0 Å². The van der Waals surface area contributed by atoms with Crippen molar-refractivity contribution >= 4 is 51.5 Å². The summed E-state index contributed by atoms with van der Waals surface area (Å²) in [5.41, 5.74) is 8.10. The molecule has 0 aliphatic carbocycles. The lowest BCUT2D eigenvalue weighted by molar-refractivity contribution is 0.628. The number of pyridine rings is 1. The van der Waals surface area contributed by atoms with Crippen molar-refractivity contribution in [3.05, 3.63) is 71.9 Å². The zero-order valence-electron chi connectivity index (χ0n) is 13.9. The number of hydrogen-bond acceptors (Lipinski definition) is 6. The molecule has 0 aliphatic rings. The zero-order chi connectivity index (χ0) is 18.8. The highest BCUT2D eigenvalue weighted by atomic mass is 35.5. The highest BCUT2D eigenvalue weighted by Gasteiger charge is 2.12. The van der Waals surface area contributed by atoms with Crippen molar-refractivity contribution in [3.8, 4) is 0 Å². The first-order valence-corrected chi connectivity index (χ1v) is 9.15. The Hall–Kier alpha value is -2.90. The summed E-state index contributed by atoms with van der Waals surface area (Å²) in [7, 11) is 0. The van der Waals surface area contributed by atoms with E-state index in [1.807, 2.05) is 30.3 Å². The average molecular weight is 398 g/mol. The minimum absolute atomic E-state index is 0.0176. The molecule has 4 rings (SSSR count). The van der Waals surface area contributed by atoms with Crippen molar-refractivity contribution in [2.75, 3.05) is 11.1 Å². The second kappa shape index (κ2) is 7.38. The van der Waals surface area contributed by atoms with Gasteiger partial charge in [0, 0.05) is 22.2 Å². The molecule has 0 saturated carbocycles. The van der Waals surface area contributed by atoms with E-state index in [4.69, 9.17) is 17.3 Å². The van der Waals surface area contributed by atoms with Gasteiger partial charge in [-0.05, 0) is 30.3 Å². The Morgan fingerprint density at radius 1 is 1.04 bits per heavy atom. The number of nitrogens with zero attached hydrogens (tertiary/aromatic N) is 3. The van der Waals surface area contributed by atoms with Crippen LogP contribution in [0.25, 0.3) is 10.9 Å². The Kier molecular flexibility index (Phi) is 4.79. The highest BCUT2D eigenvalue weighted by Crippen LogP contribution is 2.36. The molecule has 0 bridgehead atoms. The van der Waals surface area contributed by atoms with Crippen molar-refractivity contribution in [1.82, 2.24) is 15.0 Å². The number of anilines is 3. The third-order valence-corrected chi connectivity index (χ3v) is 5.19. The van der Waals surface area contributed by atoms with Gasteiger partial charge in [0.15, 0.2) is 5.82 Å². The molecule has 27 heavy (non-hydrogen) atoms. The van der Waals surface area contributed by atoms with Crippen LogP contribution in [0, 0.1) is 5.82 Å². The van der Waals surface area contributed by atoms with Crippen molar-refractivity contribution in [3.63, 3.8) is 0 Å². The summed E-state index contributed by atoms with van der Waals surface area (Å²) in [5.74, 6) is -0.0686. The van der Waals surface area contributed by atoms with Crippen LogP contribution in [-0.4, -0.2) is 15.0 Å². The lowest BCUT2D eigenvalue weighted by Crippen LogP contribution is -2.02. The van der Waals surface area contributed by atoms with Crippen LogP contribution in [0.2, 0.25) is 5.02 Å². The molecule has 134 valence electrons. The zero-order valence-corrected chi connectivity index (χ0v) is 15.4. The van der Waals surface area contributed by atoms with Gasteiger partial charge in [0.1, 0.15) is 22.9 Å². The number of nitrogens with two attached hydrogens (primary N) is 1. The first-order valence-electron chi connectivity index (χ1n) is 7.96. The minimum Gasteiger partial charge on any atom is -0.394 e. The smallest absolute Gasteiger partial charge is 0.158 e. The maximum absolute atomic E-state index is 13.3. The van der Waals surface area contributed by atoms with Gasteiger partial charge in [0.05, 0.1) is 10.5 Å². The highest BCUT2D eigenvalue weighted by molar-refractivity contribution is 7.99. The topological polar surface area (TPSA) is 76.7 Å². The molecule has 2 aromatic heterocycles. The molecule has 0 fully saturated rings. The molecule has 8 heteroatoms. The first-order chi connectivity index (χ1) is 13.1. The van der Waals surface area contributed by atoms with Crippen LogP contribution in [0.4, 0.5) is 21.6 Å². The summed E-state index contributed by atoms with van der Waals surface area (Å²) in [4.78, 5) is 13.8. The number of nitrogen functional groups attached to an aromatic ring is 1. The maximum atomic E-state index is 13.3. The van der Waals surface area contributed by atoms with Crippen LogP contribution < -0.4 is 11.1 Å². The average Bonchev–Trinajstić information content (AvgIpc) is 2.68. The monoisotopic (exact) mass is 397 g/mol. The van der Waals surface area contributed by atoms with Crippen LogP contribution in [-0.2, 0) is 0 Å². The van der Waals surface area contributed by atoms with E-state index >= 15 is 0 Å². The van der Waals surface area contributed by atoms with Gasteiger partial charge >= 0.3 is 0 Å². The normalized spacial score (nSPS) is 10.9. The van der Waals surface area contributed by atoms with Gasteiger partial charge < -0.3 is 11.1 Å². The second-order valence-electron chi connectivity index (χ2n) is 5.63. The van der Waals surface area contributed by atoms with E-state index < -0.39 is 5.82 Å². The van der Waals surface area contributed by atoms with Crippen molar-refractivity contribution in [2.45, 2.75) is 9.92 Å². The Balaban J connectivity index is 1.66. The fourth-order valence-electron chi connectivity index (χ4n) is 2.53. The van der Waals surface area contributed by atoms with Crippen LogP contribution in [0.1, 0.15) is 0 Å². The molecule has 0 saturated heterocycles. The van der Waals surface area contributed by atoms with E-state index in [-0.39, 0.29) is 5.02 Å². The van der Waals surface area contributed by atoms with E-state index in [9.17, 15) is 4.39 Å². The third-order valence-electron chi connectivity index (χ3n) is 3.83. The molecule has 0 radical (unpaired) electrons. The molecule has 0 aliphatic heterocycles. The Labute approximate surface area is 163 Å². The predicted octanol–water partition coefficient (Wildman–Crippen LogP) is 5.29. The first kappa shape index (κ1) is 17.5. The largest absolute Gasteiger partial charge is 0.394 e. The van der Waals surface area contributed by atoms with Gasteiger partial charge in [0.2, 0.25) is 0 Å². The van der Waals surface area contributed by atoms with Crippen LogP contribution in [0.3, 0.4) is 0 Å². The van der Waals surface area contributed by atoms with E-state index in [2.05, 4.69) is 20.3 Å². The van der Waals surface area contributed by atoms with Gasteiger partial charge in [-0.1, -0.05) is 41.6 Å². The number of benzene rings is 2. The van der Waals surface area contributed by atoms with E-state index in [1.54, 1.807) is 12.3 Å². The van der Waals surface area contributed by atoms with Gasteiger partial charge in [-0.15, -0.1) is 0 Å². The molecular weight excluding hydrogens is 385 g/mol. The van der Waals surface area contributed by atoms with Crippen LogP contribution >= 0.6 is 23.4 Å². The Morgan fingerprint density at radius 3 is 2.74 bits per heavy atom. The van der Waals surface area contributed by atoms with E-state index in [0.717, 1.165) is 15.8 Å². The Bertz CT molecular complexity index is 1130. The molecular formula is C19H13ClFN5S. The molecule has 0 atom stereocenters.